The average Bonchev–Trinajstić information content (AvgIpc) is 2.99. The van der Waals surface area contributed by atoms with Crippen LogP contribution in [0.2, 0.25) is 0 Å². The molecule has 10 heteroatoms. The Morgan fingerprint density at radius 3 is 2.59 bits per heavy atom. The number of anilines is 1. The maximum absolute atomic E-state index is 13.9. The van der Waals surface area contributed by atoms with E-state index in [2.05, 4.69) is 15.6 Å². The molecule has 0 spiro atoms. The summed E-state index contributed by atoms with van der Waals surface area (Å²) < 4.78 is 50.2. The molecular formula is C17H27F2IN4O2S. The Labute approximate surface area is 176 Å². The van der Waals surface area contributed by atoms with E-state index in [1.807, 2.05) is 6.92 Å². The summed E-state index contributed by atoms with van der Waals surface area (Å²) in [6.45, 7) is 4.00. The van der Waals surface area contributed by atoms with Gasteiger partial charge in [0.2, 0.25) is 0 Å². The van der Waals surface area contributed by atoms with E-state index in [0.717, 1.165) is 6.42 Å². The lowest BCUT2D eigenvalue weighted by Gasteiger charge is -2.21. The topological polar surface area (TPSA) is 73.8 Å². The lowest BCUT2D eigenvalue weighted by Crippen LogP contribution is -2.44. The molecule has 1 fully saturated rings. The predicted octanol–water partition coefficient (Wildman–Crippen LogP) is 2.15. The van der Waals surface area contributed by atoms with E-state index < -0.39 is 21.5 Å². The molecule has 1 atom stereocenters. The highest BCUT2D eigenvalue weighted by molar-refractivity contribution is 14.0. The normalized spacial score (nSPS) is 17.6. The van der Waals surface area contributed by atoms with Gasteiger partial charge in [-0.1, -0.05) is 6.07 Å². The van der Waals surface area contributed by atoms with Crippen LogP contribution < -0.4 is 15.5 Å². The summed E-state index contributed by atoms with van der Waals surface area (Å²) in [6.07, 6.45) is 2.38. The second-order valence-corrected chi connectivity index (χ2v) is 8.65. The number of aliphatic imine (C=N–C) groups is 1. The van der Waals surface area contributed by atoms with E-state index in [4.69, 9.17) is 0 Å². The number of sulfone groups is 1. The number of hydrogen-bond acceptors (Lipinski definition) is 4. The van der Waals surface area contributed by atoms with Crippen LogP contribution in [0.5, 0.6) is 0 Å². The van der Waals surface area contributed by atoms with Crippen LogP contribution in [0, 0.1) is 11.6 Å². The van der Waals surface area contributed by atoms with E-state index >= 15 is 0 Å². The summed E-state index contributed by atoms with van der Waals surface area (Å²) >= 11 is 0. The van der Waals surface area contributed by atoms with Crippen molar-refractivity contribution in [1.82, 2.24) is 10.6 Å². The molecule has 2 rings (SSSR count). The van der Waals surface area contributed by atoms with E-state index in [0.29, 0.717) is 38.6 Å². The van der Waals surface area contributed by atoms with E-state index in [1.54, 1.807) is 4.90 Å². The number of nitrogens with zero attached hydrogens (tertiary/aromatic N) is 2. The van der Waals surface area contributed by atoms with Crippen molar-refractivity contribution in [2.24, 2.45) is 4.99 Å². The van der Waals surface area contributed by atoms with Crippen molar-refractivity contribution in [2.45, 2.75) is 25.8 Å². The highest BCUT2D eigenvalue weighted by atomic mass is 127. The number of hydrogen-bond donors (Lipinski definition) is 2. The monoisotopic (exact) mass is 516 g/mol. The fraction of sp³-hybridized carbons (Fsp3) is 0.588. The van der Waals surface area contributed by atoms with Crippen LogP contribution in [-0.4, -0.2) is 58.6 Å². The highest BCUT2D eigenvalue weighted by Crippen LogP contribution is 2.26. The molecule has 0 amide bonds. The number of guanidine groups is 1. The van der Waals surface area contributed by atoms with Gasteiger partial charge in [0.05, 0.1) is 5.75 Å². The molecule has 0 bridgehead atoms. The molecule has 1 unspecified atom stereocenters. The number of halogens is 3. The largest absolute Gasteiger partial charge is 0.365 e. The van der Waals surface area contributed by atoms with E-state index in [9.17, 15) is 17.2 Å². The number of rotatable bonds is 7. The lowest BCUT2D eigenvalue weighted by atomic mass is 10.2. The molecule has 1 aromatic carbocycles. The fourth-order valence-corrected chi connectivity index (χ4v) is 3.56. The van der Waals surface area contributed by atoms with Crippen LogP contribution in [0.25, 0.3) is 0 Å². The van der Waals surface area contributed by atoms with Crippen molar-refractivity contribution in [3.8, 4) is 0 Å². The first kappa shape index (κ1) is 23.9. The van der Waals surface area contributed by atoms with Gasteiger partial charge in [0.1, 0.15) is 27.2 Å². The zero-order valence-electron chi connectivity index (χ0n) is 15.5. The SMILES string of the molecule is CCNC(=NCCCS(C)(=O)=O)NC1CCN(c2c(F)cccc2F)C1.I. The zero-order chi connectivity index (χ0) is 19.2. The molecule has 1 saturated heterocycles. The van der Waals surface area contributed by atoms with Crippen LogP contribution in [0.3, 0.4) is 0 Å². The fourth-order valence-electron chi connectivity index (χ4n) is 2.90. The molecule has 0 saturated carbocycles. The Morgan fingerprint density at radius 2 is 2.00 bits per heavy atom. The second-order valence-electron chi connectivity index (χ2n) is 6.39. The molecule has 27 heavy (non-hydrogen) atoms. The number of benzene rings is 1. The molecule has 1 heterocycles. The molecule has 1 aliphatic heterocycles. The van der Waals surface area contributed by atoms with Crippen molar-refractivity contribution in [1.29, 1.82) is 0 Å². The molecule has 1 aliphatic rings. The molecule has 154 valence electrons. The minimum absolute atomic E-state index is 0. The van der Waals surface area contributed by atoms with Gasteiger partial charge in [0.15, 0.2) is 5.96 Å². The van der Waals surface area contributed by atoms with Crippen molar-refractivity contribution in [2.75, 3.05) is 43.1 Å². The van der Waals surface area contributed by atoms with Gasteiger partial charge in [0.25, 0.3) is 0 Å². The highest BCUT2D eigenvalue weighted by Gasteiger charge is 2.27. The van der Waals surface area contributed by atoms with Crippen LogP contribution in [0.4, 0.5) is 14.5 Å². The number of para-hydroxylation sites is 1. The van der Waals surface area contributed by atoms with Crippen LogP contribution in [0.1, 0.15) is 19.8 Å². The van der Waals surface area contributed by atoms with Crippen molar-refractivity contribution >= 4 is 45.5 Å². The van der Waals surface area contributed by atoms with Gasteiger partial charge in [-0.05, 0) is 31.9 Å². The van der Waals surface area contributed by atoms with E-state index in [-0.39, 0.29) is 41.5 Å². The zero-order valence-corrected chi connectivity index (χ0v) is 18.7. The number of nitrogens with one attached hydrogen (secondary N) is 2. The summed E-state index contributed by atoms with van der Waals surface area (Å²) in [5.74, 6) is -0.444. The first-order chi connectivity index (χ1) is 12.3. The lowest BCUT2D eigenvalue weighted by molar-refractivity contribution is 0.575. The average molecular weight is 516 g/mol. The molecule has 0 aliphatic carbocycles. The third kappa shape index (κ3) is 7.76. The van der Waals surface area contributed by atoms with Gasteiger partial charge in [-0.15, -0.1) is 24.0 Å². The molecule has 2 N–H and O–H groups in total. The summed E-state index contributed by atoms with van der Waals surface area (Å²) in [6, 6.07) is 3.87. The van der Waals surface area contributed by atoms with Gasteiger partial charge < -0.3 is 15.5 Å². The standard InChI is InChI=1S/C17H26F2N4O2S.HI/c1-3-20-17(21-9-5-11-26(2,24)25)22-13-8-10-23(12-13)16-14(18)6-4-7-15(16)19;/h4,6-7,13H,3,5,8-12H2,1-2H3,(H2,20,21,22);1H. The van der Waals surface area contributed by atoms with Gasteiger partial charge in [-0.2, -0.15) is 0 Å². The first-order valence-corrected chi connectivity index (χ1v) is 10.8. The van der Waals surface area contributed by atoms with Crippen molar-refractivity contribution < 1.29 is 17.2 Å². The Bertz CT molecular complexity index is 726. The smallest absolute Gasteiger partial charge is 0.191 e. The second kappa shape index (κ2) is 11.0. The van der Waals surface area contributed by atoms with Crippen molar-refractivity contribution in [3.63, 3.8) is 0 Å². The van der Waals surface area contributed by atoms with Crippen LogP contribution in [0.15, 0.2) is 23.2 Å². The van der Waals surface area contributed by atoms with Crippen LogP contribution in [-0.2, 0) is 9.84 Å². The summed E-state index contributed by atoms with van der Waals surface area (Å²) in [7, 11) is -2.99. The van der Waals surface area contributed by atoms with Gasteiger partial charge in [-0.3, -0.25) is 4.99 Å². The van der Waals surface area contributed by atoms with Crippen molar-refractivity contribution in [3.05, 3.63) is 29.8 Å². The predicted molar refractivity (Wildman–Crippen MR) is 116 cm³/mol. The molecular weight excluding hydrogens is 489 g/mol. The quantitative estimate of drug-likeness (QED) is 0.252. The summed E-state index contributed by atoms with van der Waals surface area (Å²) in [5, 5.41) is 6.36. The molecule has 6 nitrogen and oxygen atoms in total. The molecule has 0 radical (unpaired) electrons. The Morgan fingerprint density at radius 1 is 1.33 bits per heavy atom. The minimum atomic E-state index is -2.99. The minimum Gasteiger partial charge on any atom is -0.365 e. The Balaban J connectivity index is 0.00000364. The maximum atomic E-state index is 13.9. The third-order valence-corrected chi connectivity index (χ3v) is 5.10. The molecule has 1 aromatic rings. The molecule has 0 aromatic heterocycles. The Kier molecular flexibility index (Phi) is 9.71. The first-order valence-electron chi connectivity index (χ1n) is 8.71. The third-order valence-electron chi connectivity index (χ3n) is 4.07. The van der Waals surface area contributed by atoms with Gasteiger partial charge in [-0.25, -0.2) is 17.2 Å². The Hall–Kier alpha value is -1.17. The van der Waals surface area contributed by atoms with Gasteiger partial charge >= 0.3 is 0 Å². The summed E-state index contributed by atoms with van der Waals surface area (Å²) in [4.78, 5) is 6.07. The van der Waals surface area contributed by atoms with Crippen LogP contribution >= 0.6 is 24.0 Å². The van der Waals surface area contributed by atoms with Gasteiger partial charge in [0, 0.05) is 38.5 Å². The summed E-state index contributed by atoms with van der Waals surface area (Å²) in [5.41, 5.74) is 0.00638. The maximum Gasteiger partial charge on any atom is 0.191 e. The van der Waals surface area contributed by atoms with E-state index in [1.165, 1.54) is 24.5 Å².